The first kappa shape index (κ1) is 13.2. The van der Waals surface area contributed by atoms with Crippen molar-refractivity contribution in [3.8, 4) is 11.5 Å². The van der Waals surface area contributed by atoms with Gasteiger partial charge in [0.25, 0.3) is 0 Å². The lowest BCUT2D eigenvalue weighted by Crippen LogP contribution is -2.32. The largest absolute Gasteiger partial charge is 0.486 e. The van der Waals surface area contributed by atoms with Gasteiger partial charge in [-0.05, 0) is 38.5 Å². The van der Waals surface area contributed by atoms with Crippen molar-refractivity contribution in [1.82, 2.24) is 0 Å². The summed E-state index contributed by atoms with van der Waals surface area (Å²) in [6.45, 7) is 7.34. The monoisotopic (exact) mass is 252 g/mol. The first-order valence-electron chi connectivity index (χ1n) is 6.26. The number of aliphatic hydroxyl groups excluding tert-OH is 1. The second-order valence-electron chi connectivity index (χ2n) is 4.84. The average molecular weight is 252 g/mol. The van der Waals surface area contributed by atoms with Crippen molar-refractivity contribution < 1.29 is 19.3 Å². The lowest BCUT2D eigenvalue weighted by molar-refractivity contribution is -0.0984. The Hall–Kier alpha value is -1.26. The summed E-state index contributed by atoms with van der Waals surface area (Å²) in [7, 11) is 0. The molecule has 1 atom stereocenters. The van der Waals surface area contributed by atoms with Crippen LogP contribution >= 0.6 is 0 Å². The summed E-state index contributed by atoms with van der Waals surface area (Å²) < 4.78 is 16.5. The van der Waals surface area contributed by atoms with Crippen LogP contribution in [0.15, 0.2) is 18.2 Å². The summed E-state index contributed by atoms with van der Waals surface area (Å²) in [5.41, 5.74) is 0.149. The minimum absolute atomic E-state index is 0.543. The highest BCUT2D eigenvalue weighted by Gasteiger charge is 2.30. The van der Waals surface area contributed by atoms with Gasteiger partial charge in [0.2, 0.25) is 0 Å². The third kappa shape index (κ3) is 2.60. The molecule has 100 valence electrons. The molecule has 4 heteroatoms. The standard InChI is InChI=1S/C14H20O4/c1-4-18-14(2,3)13(15)10-5-6-11-12(9-10)17-8-7-16-11/h5-6,9,13,15H,4,7-8H2,1-3H3. The normalized spacial score (nSPS) is 16.4. The Kier molecular flexibility index (Phi) is 3.78. The van der Waals surface area contributed by atoms with E-state index in [1.807, 2.05) is 39.0 Å². The lowest BCUT2D eigenvalue weighted by Gasteiger charge is -2.31. The van der Waals surface area contributed by atoms with Gasteiger partial charge in [0, 0.05) is 6.61 Å². The molecule has 1 heterocycles. The van der Waals surface area contributed by atoms with E-state index in [2.05, 4.69) is 0 Å². The molecule has 0 bridgehead atoms. The molecule has 18 heavy (non-hydrogen) atoms. The van der Waals surface area contributed by atoms with Gasteiger partial charge in [0.05, 0.1) is 5.60 Å². The fourth-order valence-corrected chi connectivity index (χ4v) is 2.08. The highest BCUT2D eigenvalue weighted by Crippen LogP contribution is 2.36. The minimum Gasteiger partial charge on any atom is -0.486 e. The Morgan fingerprint density at radius 1 is 1.28 bits per heavy atom. The fraction of sp³-hybridized carbons (Fsp3) is 0.571. The SMILES string of the molecule is CCOC(C)(C)C(O)c1ccc2c(c1)OCCO2. The van der Waals surface area contributed by atoms with Crippen molar-refractivity contribution in [2.75, 3.05) is 19.8 Å². The number of hydrogen-bond acceptors (Lipinski definition) is 4. The highest BCUT2D eigenvalue weighted by molar-refractivity contribution is 5.44. The van der Waals surface area contributed by atoms with Crippen LogP contribution in [0.1, 0.15) is 32.4 Å². The van der Waals surface area contributed by atoms with E-state index < -0.39 is 11.7 Å². The molecule has 0 aliphatic carbocycles. The quantitative estimate of drug-likeness (QED) is 0.893. The van der Waals surface area contributed by atoms with Gasteiger partial charge in [-0.25, -0.2) is 0 Å². The summed E-state index contributed by atoms with van der Waals surface area (Å²) in [5.74, 6) is 1.41. The zero-order valence-corrected chi connectivity index (χ0v) is 11.1. The lowest BCUT2D eigenvalue weighted by atomic mass is 9.94. The molecule has 1 aromatic carbocycles. The molecule has 1 unspecified atom stereocenters. The molecule has 0 saturated carbocycles. The summed E-state index contributed by atoms with van der Waals surface area (Å²) in [5, 5.41) is 10.4. The summed E-state index contributed by atoms with van der Waals surface area (Å²) >= 11 is 0. The number of rotatable bonds is 4. The van der Waals surface area contributed by atoms with Crippen LogP contribution in [0.5, 0.6) is 11.5 Å². The molecular weight excluding hydrogens is 232 g/mol. The molecular formula is C14H20O4. The topological polar surface area (TPSA) is 47.9 Å². The predicted molar refractivity (Wildman–Crippen MR) is 68.1 cm³/mol. The van der Waals surface area contributed by atoms with E-state index in [4.69, 9.17) is 14.2 Å². The van der Waals surface area contributed by atoms with Gasteiger partial charge in [-0.3, -0.25) is 0 Å². The van der Waals surface area contributed by atoms with Gasteiger partial charge < -0.3 is 19.3 Å². The molecule has 1 aliphatic heterocycles. The zero-order chi connectivity index (χ0) is 13.2. The van der Waals surface area contributed by atoms with Gasteiger partial charge in [0.15, 0.2) is 11.5 Å². The molecule has 1 aromatic rings. The fourth-order valence-electron chi connectivity index (χ4n) is 2.08. The van der Waals surface area contributed by atoms with E-state index in [0.717, 1.165) is 11.3 Å². The minimum atomic E-state index is -0.701. The Labute approximate surface area is 107 Å². The van der Waals surface area contributed by atoms with Gasteiger partial charge in [-0.1, -0.05) is 6.07 Å². The molecule has 2 rings (SSSR count). The molecule has 0 radical (unpaired) electrons. The van der Waals surface area contributed by atoms with E-state index >= 15 is 0 Å². The zero-order valence-electron chi connectivity index (χ0n) is 11.1. The number of ether oxygens (including phenoxy) is 3. The number of benzene rings is 1. The Balaban J connectivity index is 2.23. The van der Waals surface area contributed by atoms with Crippen LogP contribution in [-0.2, 0) is 4.74 Å². The maximum atomic E-state index is 10.4. The van der Waals surface area contributed by atoms with Crippen LogP contribution in [0.25, 0.3) is 0 Å². The average Bonchev–Trinajstić information content (AvgIpc) is 2.37. The number of aliphatic hydroxyl groups is 1. The smallest absolute Gasteiger partial charge is 0.161 e. The van der Waals surface area contributed by atoms with Crippen molar-refractivity contribution in [3.05, 3.63) is 23.8 Å². The van der Waals surface area contributed by atoms with Crippen LogP contribution < -0.4 is 9.47 Å². The molecule has 0 amide bonds. The van der Waals surface area contributed by atoms with E-state index in [-0.39, 0.29) is 0 Å². The summed E-state index contributed by atoms with van der Waals surface area (Å²) in [4.78, 5) is 0. The Morgan fingerprint density at radius 3 is 2.61 bits per heavy atom. The number of fused-ring (bicyclic) bond motifs is 1. The second kappa shape index (κ2) is 5.16. The Morgan fingerprint density at radius 2 is 1.94 bits per heavy atom. The van der Waals surface area contributed by atoms with Crippen molar-refractivity contribution >= 4 is 0 Å². The maximum Gasteiger partial charge on any atom is 0.161 e. The van der Waals surface area contributed by atoms with E-state index in [1.165, 1.54) is 0 Å². The molecule has 0 spiro atoms. The molecule has 0 fully saturated rings. The third-order valence-corrected chi connectivity index (χ3v) is 3.06. The van der Waals surface area contributed by atoms with Crippen molar-refractivity contribution in [1.29, 1.82) is 0 Å². The van der Waals surface area contributed by atoms with Gasteiger partial charge in [0.1, 0.15) is 19.3 Å². The number of hydrogen-bond donors (Lipinski definition) is 1. The van der Waals surface area contributed by atoms with Crippen molar-refractivity contribution in [2.45, 2.75) is 32.5 Å². The summed E-state index contributed by atoms with van der Waals surface area (Å²) in [6, 6.07) is 5.49. The van der Waals surface area contributed by atoms with Gasteiger partial charge in [-0.2, -0.15) is 0 Å². The van der Waals surface area contributed by atoms with E-state index in [0.29, 0.717) is 25.6 Å². The van der Waals surface area contributed by atoms with Crippen LogP contribution in [0, 0.1) is 0 Å². The third-order valence-electron chi connectivity index (χ3n) is 3.06. The molecule has 0 aromatic heterocycles. The molecule has 1 aliphatic rings. The molecule has 1 N–H and O–H groups in total. The van der Waals surface area contributed by atoms with Crippen LogP contribution in [0.2, 0.25) is 0 Å². The predicted octanol–water partition coefficient (Wildman–Crippen LogP) is 2.31. The van der Waals surface area contributed by atoms with Gasteiger partial charge >= 0.3 is 0 Å². The molecule has 0 saturated heterocycles. The van der Waals surface area contributed by atoms with E-state index in [1.54, 1.807) is 0 Å². The van der Waals surface area contributed by atoms with Crippen molar-refractivity contribution in [2.24, 2.45) is 0 Å². The highest BCUT2D eigenvalue weighted by atomic mass is 16.6. The second-order valence-corrected chi connectivity index (χ2v) is 4.84. The van der Waals surface area contributed by atoms with Crippen LogP contribution in [-0.4, -0.2) is 30.5 Å². The van der Waals surface area contributed by atoms with Crippen LogP contribution in [0.3, 0.4) is 0 Å². The maximum absolute atomic E-state index is 10.4. The molecule has 4 nitrogen and oxygen atoms in total. The van der Waals surface area contributed by atoms with Crippen molar-refractivity contribution in [3.63, 3.8) is 0 Å². The summed E-state index contributed by atoms with van der Waals surface area (Å²) in [6.07, 6.45) is -0.701. The van der Waals surface area contributed by atoms with Crippen LogP contribution in [0.4, 0.5) is 0 Å². The first-order valence-corrected chi connectivity index (χ1v) is 6.26. The van der Waals surface area contributed by atoms with E-state index in [9.17, 15) is 5.11 Å². The Bertz CT molecular complexity index is 414. The van der Waals surface area contributed by atoms with Gasteiger partial charge in [-0.15, -0.1) is 0 Å². The first-order chi connectivity index (χ1) is 8.54.